The number of rotatable bonds is 4. The van der Waals surface area contributed by atoms with Gasteiger partial charge in [-0.25, -0.2) is 0 Å². The number of aromatic nitrogens is 3. The fourth-order valence-corrected chi connectivity index (χ4v) is 1.48. The van der Waals surface area contributed by atoms with Gasteiger partial charge >= 0.3 is 5.95 Å². The van der Waals surface area contributed by atoms with Crippen LogP contribution in [0, 0.1) is 15.5 Å². The van der Waals surface area contributed by atoms with Gasteiger partial charge < -0.3 is 10.1 Å². The number of nitro groups is 1. The van der Waals surface area contributed by atoms with Crippen molar-refractivity contribution in [2.45, 2.75) is 20.4 Å². The molecule has 6 nitrogen and oxygen atoms in total. The molecule has 1 aromatic heterocycles. The van der Waals surface area contributed by atoms with Crippen LogP contribution < -0.4 is 0 Å². The second-order valence-corrected chi connectivity index (χ2v) is 5.16. The maximum absolute atomic E-state index is 10.4. The van der Waals surface area contributed by atoms with Gasteiger partial charge in [-0.3, -0.25) is 0 Å². The highest BCUT2D eigenvalue weighted by atomic mass is 79.9. The van der Waals surface area contributed by atoms with Gasteiger partial charge in [0.15, 0.2) is 0 Å². The molecule has 1 heterocycles. The van der Waals surface area contributed by atoms with Crippen molar-refractivity contribution >= 4 is 37.8 Å². The second-order valence-electron chi connectivity index (χ2n) is 3.89. The smallest absolute Gasteiger partial charge is 0.390 e. The Labute approximate surface area is 103 Å². The quantitative estimate of drug-likeness (QED) is 0.478. The second kappa shape index (κ2) is 4.56. The molecular formula is C7H10Br2N4O2. The Hall–Kier alpha value is -0.500. The van der Waals surface area contributed by atoms with Gasteiger partial charge in [0, 0.05) is 26.4 Å². The Balaban J connectivity index is 2.91. The molecule has 0 aromatic carbocycles. The number of halogens is 2. The molecule has 0 bridgehead atoms. The summed E-state index contributed by atoms with van der Waals surface area (Å²) in [5, 5.41) is 15.0. The molecule has 1 aromatic rings. The molecule has 0 amide bonds. The Bertz CT molecular complexity index is 377. The minimum absolute atomic E-state index is 0.0376. The third kappa shape index (κ3) is 3.23. The molecule has 0 aliphatic carbocycles. The maximum Gasteiger partial charge on any atom is 0.492 e. The molecule has 0 saturated carbocycles. The molecule has 0 aliphatic heterocycles. The molecule has 8 heteroatoms. The van der Waals surface area contributed by atoms with Crippen LogP contribution in [0.5, 0.6) is 0 Å². The Morgan fingerprint density at radius 1 is 1.60 bits per heavy atom. The molecular weight excluding hydrogens is 332 g/mol. The van der Waals surface area contributed by atoms with Gasteiger partial charge in [-0.05, 0) is 15.3 Å². The van der Waals surface area contributed by atoms with E-state index in [4.69, 9.17) is 0 Å². The molecule has 0 saturated heterocycles. The van der Waals surface area contributed by atoms with Crippen molar-refractivity contribution in [3.8, 4) is 0 Å². The van der Waals surface area contributed by atoms with Crippen molar-refractivity contribution in [1.29, 1.82) is 0 Å². The molecule has 0 N–H and O–H groups in total. The van der Waals surface area contributed by atoms with E-state index >= 15 is 0 Å². The molecule has 15 heavy (non-hydrogen) atoms. The van der Waals surface area contributed by atoms with Crippen molar-refractivity contribution in [2.75, 3.05) is 5.33 Å². The Morgan fingerprint density at radius 3 is 2.60 bits per heavy atom. The lowest BCUT2D eigenvalue weighted by Crippen LogP contribution is -2.22. The molecule has 0 radical (unpaired) electrons. The van der Waals surface area contributed by atoms with E-state index in [1.165, 1.54) is 4.68 Å². The lowest BCUT2D eigenvalue weighted by atomic mass is 9.97. The summed E-state index contributed by atoms with van der Waals surface area (Å²) >= 11 is 6.51. The zero-order valence-corrected chi connectivity index (χ0v) is 11.4. The van der Waals surface area contributed by atoms with Crippen LogP contribution in [-0.4, -0.2) is 25.0 Å². The molecule has 1 rings (SSSR count). The monoisotopic (exact) mass is 340 g/mol. The van der Waals surface area contributed by atoms with Gasteiger partial charge in [0.05, 0.1) is 6.54 Å². The third-order valence-corrected chi connectivity index (χ3v) is 3.82. The van der Waals surface area contributed by atoms with Crippen LogP contribution in [-0.2, 0) is 6.54 Å². The van der Waals surface area contributed by atoms with E-state index in [0.29, 0.717) is 11.3 Å². The van der Waals surface area contributed by atoms with Crippen molar-refractivity contribution < 1.29 is 4.92 Å². The van der Waals surface area contributed by atoms with Crippen LogP contribution >= 0.6 is 31.9 Å². The van der Waals surface area contributed by atoms with Crippen LogP contribution in [0.2, 0.25) is 0 Å². The van der Waals surface area contributed by atoms with E-state index in [1.54, 1.807) is 0 Å². The molecule has 0 spiro atoms. The zero-order valence-electron chi connectivity index (χ0n) is 8.28. The van der Waals surface area contributed by atoms with E-state index in [9.17, 15) is 10.1 Å². The first-order chi connectivity index (χ1) is 6.85. The molecule has 0 unspecified atom stereocenters. The third-order valence-electron chi connectivity index (χ3n) is 1.72. The number of nitrogens with zero attached hydrogens (tertiary/aromatic N) is 4. The minimum Gasteiger partial charge on any atom is -0.390 e. The SMILES string of the molecule is CC(C)(CBr)Cn1nc([N+](=O)[O-])nc1Br. The van der Waals surface area contributed by atoms with E-state index in [0.717, 1.165) is 5.33 Å². The first-order valence-corrected chi connectivity index (χ1v) is 6.08. The predicted molar refractivity (Wildman–Crippen MR) is 62.0 cm³/mol. The molecule has 0 aliphatic rings. The minimum atomic E-state index is -0.609. The summed E-state index contributed by atoms with van der Waals surface area (Å²) in [7, 11) is 0. The largest absolute Gasteiger partial charge is 0.492 e. The fraction of sp³-hybridized carbons (Fsp3) is 0.714. The van der Waals surface area contributed by atoms with E-state index in [-0.39, 0.29) is 11.4 Å². The van der Waals surface area contributed by atoms with Gasteiger partial charge in [0.25, 0.3) is 4.73 Å². The van der Waals surface area contributed by atoms with Crippen molar-refractivity contribution in [2.24, 2.45) is 5.41 Å². The van der Waals surface area contributed by atoms with Crippen molar-refractivity contribution in [3.63, 3.8) is 0 Å². The maximum atomic E-state index is 10.4. The highest BCUT2D eigenvalue weighted by Gasteiger charge is 2.25. The normalized spacial score (nSPS) is 11.7. The number of alkyl halides is 1. The average molecular weight is 342 g/mol. The van der Waals surface area contributed by atoms with Gasteiger partial charge in [0.2, 0.25) is 0 Å². The topological polar surface area (TPSA) is 73.8 Å². The molecule has 0 atom stereocenters. The number of hydrogen-bond acceptors (Lipinski definition) is 4. The first-order valence-electron chi connectivity index (χ1n) is 4.16. The average Bonchev–Trinajstić information content (AvgIpc) is 2.47. The zero-order chi connectivity index (χ0) is 11.6. The van der Waals surface area contributed by atoms with Crippen LogP contribution in [0.1, 0.15) is 13.8 Å². The lowest BCUT2D eigenvalue weighted by Gasteiger charge is -2.19. The van der Waals surface area contributed by atoms with Gasteiger partial charge in [-0.2, -0.15) is 4.68 Å². The van der Waals surface area contributed by atoms with Crippen LogP contribution in [0.15, 0.2) is 4.73 Å². The lowest BCUT2D eigenvalue weighted by molar-refractivity contribution is -0.394. The molecule has 0 fully saturated rings. The predicted octanol–water partition coefficient (Wildman–Crippen LogP) is 2.37. The summed E-state index contributed by atoms with van der Waals surface area (Å²) in [6.07, 6.45) is 0. The summed E-state index contributed by atoms with van der Waals surface area (Å²) in [6.45, 7) is 4.61. The number of hydrogen-bond donors (Lipinski definition) is 0. The van der Waals surface area contributed by atoms with Crippen molar-refractivity contribution in [1.82, 2.24) is 14.8 Å². The standard InChI is InChI=1S/C7H10Br2N4O2/c1-7(2,3-8)4-12-5(9)10-6(11-12)13(14)15/h3-4H2,1-2H3. The highest BCUT2D eigenvalue weighted by molar-refractivity contribution is 9.10. The summed E-state index contributed by atoms with van der Waals surface area (Å²) in [4.78, 5) is 13.5. The van der Waals surface area contributed by atoms with E-state index in [1.807, 2.05) is 13.8 Å². The van der Waals surface area contributed by atoms with Crippen LogP contribution in [0.4, 0.5) is 5.95 Å². The van der Waals surface area contributed by atoms with E-state index < -0.39 is 4.92 Å². The fourth-order valence-electron chi connectivity index (χ4n) is 0.937. The van der Waals surface area contributed by atoms with Crippen LogP contribution in [0.3, 0.4) is 0 Å². The summed E-state index contributed by atoms with van der Waals surface area (Å²) in [5.74, 6) is -0.382. The van der Waals surface area contributed by atoms with Gasteiger partial charge in [-0.1, -0.05) is 29.8 Å². The summed E-state index contributed by atoms with van der Waals surface area (Å²) in [5.41, 5.74) is -0.0376. The van der Waals surface area contributed by atoms with Gasteiger partial charge in [0.1, 0.15) is 0 Å². The Morgan fingerprint density at radius 2 is 2.20 bits per heavy atom. The van der Waals surface area contributed by atoms with E-state index in [2.05, 4.69) is 41.9 Å². The highest BCUT2D eigenvalue weighted by Crippen LogP contribution is 2.23. The summed E-state index contributed by atoms with van der Waals surface area (Å²) in [6, 6.07) is 0. The first kappa shape index (κ1) is 12.6. The Kier molecular flexibility index (Phi) is 3.82. The van der Waals surface area contributed by atoms with Crippen molar-refractivity contribution in [3.05, 3.63) is 14.8 Å². The molecule has 84 valence electrons. The van der Waals surface area contributed by atoms with Crippen LogP contribution in [0.25, 0.3) is 0 Å². The summed E-state index contributed by atoms with van der Waals surface area (Å²) < 4.78 is 1.86. The van der Waals surface area contributed by atoms with Gasteiger partial charge in [-0.15, -0.1) is 0 Å².